The van der Waals surface area contributed by atoms with E-state index in [9.17, 15) is 18.0 Å². The van der Waals surface area contributed by atoms with Crippen LogP contribution < -0.4 is 10.6 Å². The minimum absolute atomic E-state index is 0.167. The van der Waals surface area contributed by atoms with Crippen molar-refractivity contribution in [3.8, 4) is 0 Å². The van der Waals surface area contributed by atoms with Gasteiger partial charge in [-0.2, -0.15) is 0 Å². The molecule has 0 aromatic rings. The highest BCUT2D eigenvalue weighted by Crippen LogP contribution is 2.21. The van der Waals surface area contributed by atoms with E-state index >= 15 is 0 Å². The number of hydrogen-bond donors (Lipinski definition) is 3. The van der Waals surface area contributed by atoms with Crippen molar-refractivity contribution in [2.75, 3.05) is 12.0 Å². The maximum Gasteiger partial charge on any atom is 0.315 e. The number of nitrogens with one attached hydrogen (secondary N) is 2. The number of carboxylic acids is 1. The van der Waals surface area contributed by atoms with Crippen LogP contribution in [0.25, 0.3) is 0 Å². The Balaban J connectivity index is 4.58. The zero-order chi connectivity index (χ0) is 16.1. The third-order valence-corrected chi connectivity index (χ3v) is 3.77. The molecule has 2 unspecified atom stereocenters. The van der Waals surface area contributed by atoms with E-state index in [1.807, 2.05) is 20.8 Å². The molecule has 0 spiro atoms. The van der Waals surface area contributed by atoms with E-state index in [1.165, 1.54) is 0 Å². The molecule has 0 aromatic carbocycles. The van der Waals surface area contributed by atoms with Crippen LogP contribution >= 0.6 is 0 Å². The fraction of sp³-hybridized carbons (Fsp3) is 0.833. The Bertz CT molecular complexity index is 453. The predicted molar refractivity (Wildman–Crippen MR) is 76.3 cm³/mol. The Kier molecular flexibility index (Phi) is 6.46. The molecule has 0 saturated heterocycles. The van der Waals surface area contributed by atoms with E-state index in [4.69, 9.17) is 5.11 Å². The molecule has 2 atom stereocenters. The van der Waals surface area contributed by atoms with Crippen LogP contribution in [0.2, 0.25) is 0 Å². The van der Waals surface area contributed by atoms with Crippen LogP contribution in [0.15, 0.2) is 0 Å². The molecule has 0 aromatic heterocycles. The van der Waals surface area contributed by atoms with Crippen molar-refractivity contribution in [1.82, 2.24) is 10.6 Å². The Morgan fingerprint density at radius 1 is 1.20 bits per heavy atom. The van der Waals surface area contributed by atoms with Gasteiger partial charge in [0.05, 0.1) is 12.2 Å². The van der Waals surface area contributed by atoms with Crippen molar-refractivity contribution in [2.24, 2.45) is 5.41 Å². The van der Waals surface area contributed by atoms with Crippen LogP contribution in [0.4, 0.5) is 4.79 Å². The Hall–Kier alpha value is -1.31. The van der Waals surface area contributed by atoms with Gasteiger partial charge in [0, 0.05) is 18.3 Å². The number of hydrogen-bond acceptors (Lipinski definition) is 4. The summed E-state index contributed by atoms with van der Waals surface area (Å²) in [4.78, 5) is 22.6. The highest BCUT2D eigenvalue weighted by atomic mass is 32.2. The Labute approximate surface area is 120 Å². The lowest BCUT2D eigenvalue weighted by atomic mass is 9.85. The maximum atomic E-state index is 11.8. The SMILES string of the molecule is CC(CS(C)(=O)=O)NC(=O)NC(CC(=O)O)C(C)(C)C. The van der Waals surface area contributed by atoms with Crippen LogP contribution in [0.5, 0.6) is 0 Å². The average molecular weight is 308 g/mol. The number of carboxylic acid groups (broad SMARTS) is 1. The van der Waals surface area contributed by atoms with Gasteiger partial charge in [0.1, 0.15) is 9.84 Å². The third kappa shape index (κ3) is 8.73. The first-order chi connectivity index (χ1) is 8.81. The van der Waals surface area contributed by atoms with Crippen molar-refractivity contribution in [3.05, 3.63) is 0 Å². The van der Waals surface area contributed by atoms with Crippen LogP contribution in [0.1, 0.15) is 34.1 Å². The lowest BCUT2D eigenvalue weighted by molar-refractivity contribution is -0.138. The van der Waals surface area contributed by atoms with Gasteiger partial charge >= 0.3 is 12.0 Å². The molecule has 0 heterocycles. The summed E-state index contributed by atoms with van der Waals surface area (Å²) in [7, 11) is -3.18. The summed E-state index contributed by atoms with van der Waals surface area (Å²) in [5.41, 5.74) is -0.421. The van der Waals surface area contributed by atoms with Gasteiger partial charge in [0.25, 0.3) is 0 Å². The fourth-order valence-corrected chi connectivity index (χ4v) is 2.66. The van der Waals surface area contributed by atoms with E-state index in [2.05, 4.69) is 10.6 Å². The lowest BCUT2D eigenvalue weighted by Crippen LogP contribution is -2.51. The number of urea groups is 1. The summed E-state index contributed by atoms with van der Waals surface area (Å²) in [6, 6.07) is -1.66. The molecule has 0 aliphatic carbocycles. The second kappa shape index (κ2) is 6.92. The molecular weight excluding hydrogens is 284 g/mol. The van der Waals surface area contributed by atoms with Crippen LogP contribution in [-0.2, 0) is 14.6 Å². The number of carbonyl (C=O) groups excluding carboxylic acids is 1. The zero-order valence-corrected chi connectivity index (χ0v) is 13.4. The minimum Gasteiger partial charge on any atom is -0.481 e. The summed E-state index contributed by atoms with van der Waals surface area (Å²) in [6.07, 6.45) is 0.892. The highest BCUT2D eigenvalue weighted by Gasteiger charge is 2.28. The van der Waals surface area contributed by atoms with E-state index < -0.39 is 39.3 Å². The maximum absolute atomic E-state index is 11.8. The van der Waals surface area contributed by atoms with Crippen molar-refractivity contribution in [1.29, 1.82) is 0 Å². The summed E-state index contributed by atoms with van der Waals surface area (Å²) in [5, 5.41) is 13.9. The quantitative estimate of drug-likeness (QED) is 0.665. The minimum atomic E-state index is -3.18. The van der Waals surface area contributed by atoms with Gasteiger partial charge in [0.15, 0.2) is 0 Å². The molecule has 0 fully saturated rings. The highest BCUT2D eigenvalue weighted by molar-refractivity contribution is 7.90. The van der Waals surface area contributed by atoms with Crippen molar-refractivity contribution in [2.45, 2.75) is 46.2 Å². The van der Waals surface area contributed by atoms with Gasteiger partial charge in [-0.1, -0.05) is 20.8 Å². The smallest absolute Gasteiger partial charge is 0.315 e. The Morgan fingerprint density at radius 3 is 2.05 bits per heavy atom. The third-order valence-electron chi connectivity index (χ3n) is 2.66. The molecule has 0 saturated carbocycles. The van der Waals surface area contributed by atoms with Crippen LogP contribution in [0, 0.1) is 5.41 Å². The van der Waals surface area contributed by atoms with E-state index in [1.54, 1.807) is 6.92 Å². The van der Waals surface area contributed by atoms with E-state index in [0.29, 0.717) is 0 Å². The molecule has 0 bridgehead atoms. The first-order valence-electron chi connectivity index (χ1n) is 6.28. The fourth-order valence-electron chi connectivity index (χ4n) is 1.67. The van der Waals surface area contributed by atoms with E-state index in [0.717, 1.165) is 6.26 Å². The normalized spacial score (nSPS) is 15.2. The van der Waals surface area contributed by atoms with Crippen LogP contribution in [-0.4, -0.2) is 49.6 Å². The summed E-state index contributed by atoms with van der Waals surface area (Å²) in [6.45, 7) is 7.03. The van der Waals surface area contributed by atoms with Gasteiger partial charge in [-0.05, 0) is 12.3 Å². The topological polar surface area (TPSA) is 113 Å². The second-order valence-electron chi connectivity index (χ2n) is 6.13. The number of sulfone groups is 1. The van der Waals surface area contributed by atoms with E-state index in [-0.39, 0.29) is 12.2 Å². The molecule has 0 radical (unpaired) electrons. The molecule has 8 heteroatoms. The standard InChI is InChI=1S/C12H24N2O5S/c1-8(7-20(5,18)19)13-11(17)14-9(6-10(15)16)12(2,3)4/h8-9H,6-7H2,1-5H3,(H,15,16)(H2,13,14,17). The predicted octanol–water partition coefficient (Wildman–Crippen LogP) is 0.608. The number of aliphatic carboxylic acids is 1. The molecule has 20 heavy (non-hydrogen) atoms. The first-order valence-corrected chi connectivity index (χ1v) is 8.34. The van der Waals surface area contributed by atoms with Gasteiger partial charge in [0.2, 0.25) is 0 Å². The number of rotatable bonds is 6. The molecular formula is C12H24N2O5S. The van der Waals surface area contributed by atoms with Crippen LogP contribution in [0.3, 0.4) is 0 Å². The van der Waals surface area contributed by atoms with Gasteiger partial charge in [-0.15, -0.1) is 0 Å². The number of amides is 2. The van der Waals surface area contributed by atoms with Gasteiger partial charge in [-0.3, -0.25) is 4.79 Å². The van der Waals surface area contributed by atoms with Gasteiger partial charge in [-0.25, -0.2) is 13.2 Å². The molecule has 0 aliphatic heterocycles. The summed E-state index contributed by atoms with van der Waals surface area (Å²) < 4.78 is 22.2. The van der Waals surface area contributed by atoms with Crippen molar-refractivity contribution in [3.63, 3.8) is 0 Å². The molecule has 118 valence electrons. The largest absolute Gasteiger partial charge is 0.481 e. The summed E-state index contributed by atoms with van der Waals surface area (Å²) >= 11 is 0. The zero-order valence-electron chi connectivity index (χ0n) is 12.6. The number of carbonyl (C=O) groups is 2. The van der Waals surface area contributed by atoms with Gasteiger partial charge < -0.3 is 15.7 Å². The molecule has 2 amide bonds. The average Bonchev–Trinajstić information content (AvgIpc) is 2.10. The molecule has 7 nitrogen and oxygen atoms in total. The lowest BCUT2D eigenvalue weighted by Gasteiger charge is -2.30. The monoisotopic (exact) mass is 308 g/mol. The molecule has 3 N–H and O–H groups in total. The van der Waals surface area contributed by atoms with Crippen molar-refractivity contribution < 1.29 is 23.1 Å². The van der Waals surface area contributed by atoms with Crippen molar-refractivity contribution >= 4 is 21.8 Å². The molecule has 0 aliphatic rings. The second-order valence-corrected chi connectivity index (χ2v) is 8.31. The Morgan fingerprint density at radius 2 is 1.70 bits per heavy atom. The summed E-state index contributed by atoms with van der Waals surface area (Å²) in [5.74, 6) is -1.17. The molecule has 0 rings (SSSR count). The first kappa shape index (κ1) is 18.7.